The van der Waals surface area contributed by atoms with Gasteiger partial charge in [0.05, 0.1) is 7.11 Å². The second-order valence-electron chi connectivity index (χ2n) is 5.66. The number of methoxy groups -OCH3 is 1. The van der Waals surface area contributed by atoms with Crippen LogP contribution in [0.15, 0.2) is 47.2 Å². The van der Waals surface area contributed by atoms with Crippen LogP contribution >= 0.6 is 0 Å². The first-order chi connectivity index (χ1) is 12.3. The lowest BCUT2D eigenvalue weighted by atomic mass is 10.2. The highest BCUT2D eigenvalue weighted by Gasteiger charge is 2.23. The van der Waals surface area contributed by atoms with Crippen molar-refractivity contribution in [1.29, 1.82) is 0 Å². The molecule has 128 valence electrons. The number of piperazine rings is 1. The van der Waals surface area contributed by atoms with Gasteiger partial charge in [0.1, 0.15) is 5.75 Å². The third-order valence-electron chi connectivity index (χ3n) is 4.13. The van der Waals surface area contributed by atoms with Gasteiger partial charge in [-0.1, -0.05) is 17.3 Å². The van der Waals surface area contributed by atoms with Gasteiger partial charge in [-0.3, -0.25) is 0 Å². The number of rotatable bonds is 4. The van der Waals surface area contributed by atoms with Crippen LogP contribution in [0.5, 0.6) is 5.75 Å². The highest BCUT2D eigenvalue weighted by Crippen LogP contribution is 2.24. The monoisotopic (exact) mass is 338 g/mol. The lowest BCUT2D eigenvalue weighted by molar-refractivity contribution is 0.409. The summed E-state index contributed by atoms with van der Waals surface area (Å²) in [6.07, 6.45) is 3.51. The number of benzene rings is 1. The van der Waals surface area contributed by atoms with E-state index in [0.29, 0.717) is 11.8 Å². The number of nitrogens with zero attached hydrogens (tertiary/aromatic N) is 6. The maximum atomic E-state index is 5.45. The second kappa shape index (κ2) is 6.76. The largest absolute Gasteiger partial charge is 0.497 e. The van der Waals surface area contributed by atoms with E-state index in [1.54, 1.807) is 19.5 Å². The van der Waals surface area contributed by atoms with Crippen LogP contribution in [0, 0.1) is 0 Å². The zero-order chi connectivity index (χ0) is 17.1. The molecule has 8 nitrogen and oxygen atoms in total. The molecule has 0 saturated carbocycles. The first kappa shape index (κ1) is 15.4. The molecule has 25 heavy (non-hydrogen) atoms. The molecule has 0 bridgehead atoms. The predicted octanol–water partition coefficient (Wildman–Crippen LogP) is 1.86. The van der Waals surface area contributed by atoms with E-state index in [1.807, 2.05) is 30.3 Å². The average molecular weight is 338 g/mol. The van der Waals surface area contributed by atoms with Gasteiger partial charge in [-0.15, -0.1) is 0 Å². The van der Waals surface area contributed by atoms with Crippen molar-refractivity contribution >= 4 is 12.0 Å². The minimum absolute atomic E-state index is 0.534. The molecule has 1 aliphatic heterocycles. The van der Waals surface area contributed by atoms with Crippen molar-refractivity contribution in [2.45, 2.75) is 0 Å². The van der Waals surface area contributed by atoms with Crippen LogP contribution in [0.2, 0.25) is 0 Å². The molecule has 0 atom stereocenters. The van der Waals surface area contributed by atoms with E-state index in [0.717, 1.165) is 43.4 Å². The number of hydrogen-bond acceptors (Lipinski definition) is 8. The Morgan fingerprint density at radius 1 is 1.00 bits per heavy atom. The molecule has 2 aromatic heterocycles. The molecule has 0 aliphatic carbocycles. The first-order valence-electron chi connectivity index (χ1n) is 8.08. The molecule has 1 fully saturated rings. The Kier molecular flexibility index (Phi) is 4.16. The molecule has 3 heterocycles. The van der Waals surface area contributed by atoms with Gasteiger partial charge in [-0.2, -0.15) is 4.98 Å². The van der Waals surface area contributed by atoms with Crippen molar-refractivity contribution < 1.29 is 9.26 Å². The normalized spacial score (nSPS) is 14.6. The summed E-state index contributed by atoms with van der Waals surface area (Å²) in [4.78, 5) is 17.3. The highest BCUT2D eigenvalue weighted by atomic mass is 16.5. The molecule has 0 unspecified atom stereocenters. The van der Waals surface area contributed by atoms with E-state index >= 15 is 0 Å². The van der Waals surface area contributed by atoms with E-state index in [9.17, 15) is 0 Å². The van der Waals surface area contributed by atoms with Gasteiger partial charge in [0.15, 0.2) is 0 Å². The Labute approximate surface area is 145 Å². The van der Waals surface area contributed by atoms with Gasteiger partial charge < -0.3 is 19.1 Å². The Morgan fingerprint density at radius 2 is 1.76 bits per heavy atom. The Balaban J connectivity index is 1.45. The molecule has 4 rings (SSSR count). The summed E-state index contributed by atoms with van der Waals surface area (Å²) in [5.41, 5.74) is 0.866. The zero-order valence-corrected chi connectivity index (χ0v) is 13.9. The summed E-state index contributed by atoms with van der Waals surface area (Å²) in [5, 5.41) is 4.09. The summed E-state index contributed by atoms with van der Waals surface area (Å²) in [6.45, 7) is 3.16. The standard InChI is InChI=1S/C17H18N6O2/c1-24-14-5-2-4-13(12-14)15-20-17(25-21-15)23-10-8-22(9-11-23)16-18-6-3-7-19-16/h2-7,12H,8-11H2,1H3. The molecule has 3 aromatic rings. The second-order valence-corrected chi connectivity index (χ2v) is 5.66. The van der Waals surface area contributed by atoms with E-state index < -0.39 is 0 Å². The molecule has 8 heteroatoms. The summed E-state index contributed by atoms with van der Waals surface area (Å²) in [5.74, 6) is 2.08. The third-order valence-corrected chi connectivity index (χ3v) is 4.13. The minimum Gasteiger partial charge on any atom is -0.497 e. The highest BCUT2D eigenvalue weighted by molar-refractivity contribution is 5.58. The van der Waals surface area contributed by atoms with Crippen LogP contribution < -0.4 is 14.5 Å². The number of hydrogen-bond donors (Lipinski definition) is 0. The molecule has 1 saturated heterocycles. The van der Waals surface area contributed by atoms with Crippen LogP contribution in [0.4, 0.5) is 12.0 Å². The Hall–Kier alpha value is -3.16. The van der Waals surface area contributed by atoms with Crippen molar-refractivity contribution in [2.75, 3.05) is 43.1 Å². The van der Waals surface area contributed by atoms with Gasteiger partial charge in [-0.05, 0) is 18.2 Å². The maximum absolute atomic E-state index is 5.45. The number of anilines is 2. The maximum Gasteiger partial charge on any atom is 0.324 e. The fraction of sp³-hybridized carbons (Fsp3) is 0.294. The van der Waals surface area contributed by atoms with Crippen molar-refractivity contribution in [1.82, 2.24) is 20.1 Å². The van der Waals surface area contributed by atoms with Crippen LogP contribution in [-0.2, 0) is 0 Å². The molecule has 0 N–H and O–H groups in total. The molecular weight excluding hydrogens is 320 g/mol. The van der Waals surface area contributed by atoms with Crippen molar-refractivity contribution in [3.05, 3.63) is 42.7 Å². The first-order valence-corrected chi connectivity index (χ1v) is 8.08. The number of aromatic nitrogens is 4. The van der Waals surface area contributed by atoms with Gasteiger partial charge >= 0.3 is 6.01 Å². The van der Waals surface area contributed by atoms with E-state index in [2.05, 4.69) is 29.9 Å². The lowest BCUT2D eigenvalue weighted by Gasteiger charge is -2.33. The molecule has 0 amide bonds. The fourth-order valence-electron chi connectivity index (χ4n) is 2.78. The quantitative estimate of drug-likeness (QED) is 0.713. The summed E-state index contributed by atoms with van der Waals surface area (Å²) in [6, 6.07) is 9.96. The molecule has 1 aliphatic rings. The van der Waals surface area contributed by atoms with Gasteiger partial charge in [0, 0.05) is 44.1 Å². The fourth-order valence-corrected chi connectivity index (χ4v) is 2.78. The average Bonchev–Trinajstić information content (AvgIpc) is 3.19. The predicted molar refractivity (Wildman–Crippen MR) is 92.7 cm³/mol. The SMILES string of the molecule is COc1cccc(-c2noc(N3CCN(c4ncccn4)CC3)n2)c1. The van der Waals surface area contributed by atoms with Crippen molar-refractivity contribution in [3.63, 3.8) is 0 Å². The van der Waals surface area contributed by atoms with E-state index in [4.69, 9.17) is 9.26 Å². The summed E-state index contributed by atoms with van der Waals surface area (Å²) < 4.78 is 10.7. The van der Waals surface area contributed by atoms with Gasteiger partial charge in [0.2, 0.25) is 11.8 Å². The Bertz CT molecular complexity index is 830. The molecule has 0 radical (unpaired) electrons. The van der Waals surface area contributed by atoms with Crippen LogP contribution in [0.25, 0.3) is 11.4 Å². The third kappa shape index (κ3) is 3.23. The molecule has 0 spiro atoms. The zero-order valence-electron chi connectivity index (χ0n) is 13.9. The summed E-state index contributed by atoms with van der Waals surface area (Å²) >= 11 is 0. The topological polar surface area (TPSA) is 80.4 Å². The molecule has 1 aromatic carbocycles. The molecular formula is C17H18N6O2. The van der Waals surface area contributed by atoms with Crippen molar-refractivity contribution in [2.24, 2.45) is 0 Å². The Morgan fingerprint density at radius 3 is 2.52 bits per heavy atom. The van der Waals surface area contributed by atoms with Gasteiger partial charge in [-0.25, -0.2) is 9.97 Å². The van der Waals surface area contributed by atoms with Crippen LogP contribution in [0.3, 0.4) is 0 Å². The van der Waals surface area contributed by atoms with Gasteiger partial charge in [0.25, 0.3) is 0 Å². The smallest absolute Gasteiger partial charge is 0.324 e. The van der Waals surface area contributed by atoms with Crippen LogP contribution in [-0.4, -0.2) is 53.4 Å². The lowest BCUT2D eigenvalue weighted by Crippen LogP contribution is -2.47. The van der Waals surface area contributed by atoms with E-state index in [-0.39, 0.29) is 0 Å². The summed E-state index contributed by atoms with van der Waals surface area (Å²) in [7, 11) is 1.64. The van der Waals surface area contributed by atoms with Crippen LogP contribution in [0.1, 0.15) is 0 Å². The van der Waals surface area contributed by atoms with E-state index in [1.165, 1.54) is 0 Å². The van der Waals surface area contributed by atoms with Crippen molar-refractivity contribution in [3.8, 4) is 17.1 Å². The number of ether oxygens (including phenoxy) is 1. The minimum atomic E-state index is 0.534.